The van der Waals surface area contributed by atoms with E-state index in [0.29, 0.717) is 0 Å². The molecule has 3 aromatic rings. The first kappa shape index (κ1) is 15.5. The number of benzene rings is 3. The average Bonchev–Trinajstić information content (AvgIpc) is 2.57. The molecule has 0 N–H and O–H groups in total. The molecular weight excluding hydrogens is 365 g/mol. The van der Waals surface area contributed by atoms with E-state index in [0.717, 1.165) is 0 Å². The van der Waals surface area contributed by atoms with Crippen LogP contribution >= 0.6 is 0 Å². The summed E-state index contributed by atoms with van der Waals surface area (Å²) < 4.78 is 4.06. The van der Waals surface area contributed by atoms with Crippen LogP contribution < -0.4 is 0 Å². The summed E-state index contributed by atoms with van der Waals surface area (Å²) in [6, 6.07) is 33.1. The molecular formula is C21H21Cd. The molecule has 0 aliphatic heterocycles. The number of hydrogen-bond donors (Lipinski definition) is 0. The molecule has 0 nitrogen and oxygen atoms in total. The molecule has 0 unspecified atom stereocenters. The Labute approximate surface area is 142 Å². The quantitative estimate of drug-likeness (QED) is 0.511. The number of rotatable bonds is 6. The Morgan fingerprint density at radius 3 is 0.955 bits per heavy atom. The first-order chi connectivity index (χ1) is 10.9. The van der Waals surface area contributed by atoms with Crippen LogP contribution in [0.15, 0.2) is 91.0 Å². The predicted molar refractivity (Wildman–Crippen MR) is 90.4 cm³/mol. The maximum absolute atomic E-state index is 2.29. The van der Waals surface area contributed by atoms with E-state index < -0.39 is 22.7 Å². The molecule has 0 fully saturated rings. The fourth-order valence-electron chi connectivity index (χ4n) is 3.42. The predicted octanol–water partition coefficient (Wildman–Crippen LogP) is 5.21. The van der Waals surface area contributed by atoms with Crippen molar-refractivity contribution in [2.24, 2.45) is 0 Å². The molecule has 1 heteroatoms. The van der Waals surface area contributed by atoms with Gasteiger partial charge < -0.3 is 0 Å². The fourth-order valence-corrected chi connectivity index (χ4v) is 14.8. The molecule has 0 saturated carbocycles. The third-order valence-corrected chi connectivity index (χ3v) is 15.5. The minimum atomic E-state index is -1.85. The van der Waals surface area contributed by atoms with Crippen molar-refractivity contribution in [2.75, 3.05) is 0 Å². The van der Waals surface area contributed by atoms with Crippen molar-refractivity contribution in [3.8, 4) is 0 Å². The molecule has 3 aromatic carbocycles. The third-order valence-electron chi connectivity index (χ3n) is 4.46. The van der Waals surface area contributed by atoms with Crippen LogP contribution in [-0.2, 0) is 34.6 Å². The van der Waals surface area contributed by atoms with E-state index in [9.17, 15) is 0 Å². The van der Waals surface area contributed by atoms with E-state index in [1.165, 1.54) is 28.6 Å². The van der Waals surface area contributed by atoms with Crippen molar-refractivity contribution < 1.29 is 22.7 Å². The van der Waals surface area contributed by atoms with Gasteiger partial charge in [-0.05, 0) is 0 Å². The van der Waals surface area contributed by atoms with E-state index in [1.807, 2.05) is 0 Å². The molecule has 0 heterocycles. The molecule has 0 bridgehead atoms. The second-order valence-corrected chi connectivity index (χ2v) is 16.6. The Hall–Kier alpha value is -1.42. The first-order valence-corrected chi connectivity index (χ1v) is 16.9. The van der Waals surface area contributed by atoms with Crippen LogP contribution in [0.4, 0.5) is 0 Å². The summed E-state index contributed by atoms with van der Waals surface area (Å²) in [6.07, 6.45) is 0. The Morgan fingerprint density at radius 2 is 0.682 bits per heavy atom. The Bertz CT molecular complexity index is 563. The third kappa shape index (κ3) is 4.80. The summed E-state index contributed by atoms with van der Waals surface area (Å²) >= 11 is -1.85. The summed E-state index contributed by atoms with van der Waals surface area (Å²) in [5.74, 6) is 0. The Balaban J connectivity index is 1.75. The van der Waals surface area contributed by atoms with Gasteiger partial charge in [0, 0.05) is 0 Å². The van der Waals surface area contributed by atoms with Gasteiger partial charge in [-0.3, -0.25) is 0 Å². The van der Waals surface area contributed by atoms with Gasteiger partial charge in [0.15, 0.2) is 0 Å². The van der Waals surface area contributed by atoms with Crippen molar-refractivity contribution in [3.05, 3.63) is 108 Å². The van der Waals surface area contributed by atoms with Gasteiger partial charge in [0.05, 0.1) is 0 Å². The van der Waals surface area contributed by atoms with Crippen LogP contribution in [0.5, 0.6) is 0 Å². The van der Waals surface area contributed by atoms with Gasteiger partial charge >= 0.3 is 142 Å². The summed E-state index contributed by atoms with van der Waals surface area (Å²) in [5, 5.41) is 0. The Morgan fingerprint density at radius 1 is 0.409 bits per heavy atom. The van der Waals surface area contributed by atoms with Crippen LogP contribution in [0, 0.1) is 0 Å². The number of hydrogen-bond acceptors (Lipinski definition) is 0. The SMILES string of the molecule is c1ccc([CH2][Cd]([CH2]c2ccccc2)[CH2]c2ccccc2)cc1. The van der Waals surface area contributed by atoms with Gasteiger partial charge in [-0.2, -0.15) is 0 Å². The molecule has 0 amide bonds. The van der Waals surface area contributed by atoms with Crippen molar-refractivity contribution in [1.82, 2.24) is 0 Å². The van der Waals surface area contributed by atoms with Crippen LogP contribution in [0.1, 0.15) is 16.7 Å². The Kier molecular flexibility index (Phi) is 5.82. The summed E-state index contributed by atoms with van der Waals surface area (Å²) in [4.78, 5) is 0. The molecule has 0 aliphatic rings. The standard InChI is InChI=1S/3C7H7.Cd/c3*1-7-5-3-2-4-6-7;/h3*2-6H,1H2;. The van der Waals surface area contributed by atoms with E-state index in [-0.39, 0.29) is 0 Å². The summed E-state index contributed by atoms with van der Waals surface area (Å²) in [7, 11) is 0. The zero-order valence-corrected chi connectivity index (χ0v) is 17.0. The fraction of sp³-hybridized carbons (Fsp3) is 0.143. The van der Waals surface area contributed by atoms with Crippen molar-refractivity contribution in [1.29, 1.82) is 0 Å². The molecule has 0 aliphatic carbocycles. The van der Waals surface area contributed by atoms with Gasteiger partial charge in [-0.15, -0.1) is 0 Å². The summed E-state index contributed by atoms with van der Waals surface area (Å²) in [6.45, 7) is 0. The zero-order valence-electron chi connectivity index (χ0n) is 13.0. The molecule has 0 aromatic heterocycles. The molecule has 107 valence electrons. The summed E-state index contributed by atoms with van der Waals surface area (Å²) in [5.41, 5.74) is 4.59. The average molecular weight is 386 g/mol. The van der Waals surface area contributed by atoms with Gasteiger partial charge in [0.2, 0.25) is 0 Å². The van der Waals surface area contributed by atoms with E-state index in [1.54, 1.807) is 0 Å². The topological polar surface area (TPSA) is 0 Å². The van der Waals surface area contributed by atoms with E-state index in [4.69, 9.17) is 0 Å². The molecule has 22 heavy (non-hydrogen) atoms. The minimum absolute atomic E-state index is 1.35. The van der Waals surface area contributed by atoms with Crippen LogP contribution in [0.2, 0.25) is 0 Å². The van der Waals surface area contributed by atoms with Crippen molar-refractivity contribution in [3.63, 3.8) is 0 Å². The van der Waals surface area contributed by atoms with E-state index in [2.05, 4.69) is 91.0 Å². The zero-order chi connectivity index (χ0) is 15.0. The van der Waals surface area contributed by atoms with Gasteiger partial charge in [-0.1, -0.05) is 0 Å². The van der Waals surface area contributed by atoms with Crippen LogP contribution in [0.3, 0.4) is 0 Å². The normalized spacial score (nSPS) is 10.4. The maximum atomic E-state index is 2.29. The molecule has 0 spiro atoms. The second-order valence-electron chi connectivity index (χ2n) is 6.27. The van der Waals surface area contributed by atoms with Crippen molar-refractivity contribution >= 4 is 0 Å². The van der Waals surface area contributed by atoms with Crippen molar-refractivity contribution in [2.45, 2.75) is 11.9 Å². The molecule has 0 saturated heterocycles. The monoisotopic (exact) mass is 387 g/mol. The van der Waals surface area contributed by atoms with Gasteiger partial charge in [-0.25, -0.2) is 0 Å². The first-order valence-electron chi connectivity index (χ1n) is 8.29. The van der Waals surface area contributed by atoms with Gasteiger partial charge in [0.1, 0.15) is 0 Å². The van der Waals surface area contributed by atoms with Crippen LogP contribution in [0.25, 0.3) is 0 Å². The molecule has 0 radical (unpaired) electrons. The molecule has 3 rings (SSSR count). The van der Waals surface area contributed by atoms with Crippen LogP contribution in [-0.4, -0.2) is 0 Å². The molecule has 0 atom stereocenters. The van der Waals surface area contributed by atoms with E-state index >= 15 is 0 Å². The second kappa shape index (κ2) is 8.28. The van der Waals surface area contributed by atoms with Gasteiger partial charge in [0.25, 0.3) is 0 Å².